The summed E-state index contributed by atoms with van der Waals surface area (Å²) in [6, 6.07) is 24.8. The van der Waals surface area contributed by atoms with Gasteiger partial charge < -0.3 is 14.4 Å². The molecular formula is C33H34FN3O4. The first-order valence-electron chi connectivity index (χ1n) is 14.0. The van der Waals surface area contributed by atoms with E-state index in [9.17, 15) is 14.0 Å². The van der Waals surface area contributed by atoms with Gasteiger partial charge in [0.25, 0.3) is 5.91 Å². The average Bonchev–Trinajstić information content (AvgIpc) is 2.99. The molecule has 2 heterocycles. The van der Waals surface area contributed by atoms with Gasteiger partial charge in [-0.15, -0.1) is 0 Å². The number of amides is 1. The van der Waals surface area contributed by atoms with Gasteiger partial charge in [-0.25, -0.2) is 4.39 Å². The van der Waals surface area contributed by atoms with Gasteiger partial charge in [-0.3, -0.25) is 19.3 Å². The fourth-order valence-corrected chi connectivity index (χ4v) is 5.13. The highest BCUT2D eigenvalue weighted by atomic mass is 19.1. The fourth-order valence-electron chi connectivity index (χ4n) is 5.13. The number of halogens is 1. The molecule has 0 aliphatic carbocycles. The monoisotopic (exact) mass is 555 g/mol. The van der Waals surface area contributed by atoms with Crippen LogP contribution >= 0.6 is 0 Å². The van der Waals surface area contributed by atoms with Crippen LogP contribution in [0.1, 0.15) is 59.9 Å². The van der Waals surface area contributed by atoms with E-state index in [2.05, 4.69) is 6.92 Å². The molecule has 7 nitrogen and oxygen atoms in total. The summed E-state index contributed by atoms with van der Waals surface area (Å²) in [4.78, 5) is 28.9. The van der Waals surface area contributed by atoms with Crippen LogP contribution in [0.25, 0.3) is 0 Å². The van der Waals surface area contributed by atoms with Crippen LogP contribution in [0.15, 0.2) is 95.9 Å². The van der Waals surface area contributed by atoms with Crippen LogP contribution in [0.5, 0.6) is 11.5 Å². The van der Waals surface area contributed by atoms with Crippen molar-refractivity contribution in [1.82, 2.24) is 9.58 Å². The molecule has 0 spiro atoms. The van der Waals surface area contributed by atoms with Crippen molar-refractivity contribution in [3.8, 4) is 11.5 Å². The molecule has 1 unspecified atom stereocenters. The minimum atomic E-state index is -0.473. The highest BCUT2D eigenvalue weighted by Crippen LogP contribution is 2.37. The number of hydrogen-bond acceptors (Lipinski definition) is 5. The summed E-state index contributed by atoms with van der Waals surface area (Å²) in [7, 11) is 0. The number of unbranched alkanes of at least 4 members (excludes halogenated alkanes) is 1. The van der Waals surface area contributed by atoms with Gasteiger partial charge in [0.05, 0.1) is 6.61 Å². The predicted molar refractivity (Wildman–Crippen MR) is 156 cm³/mol. The molecular weight excluding hydrogens is 521 g/mol. The van der Waals surface area contributed by atoms with Crippen molar-refractivity contribution in [2.45, 2.75) is 39.3 Å². The molecule has 212 valence electrons. The summed E-state index contributed by atoms with van der Waals surface area (Å²) in [6.45, 7) is 5.18. The molecule has 0 N–H and O–H groups in total. The standard InChI is InChI=1S/C33H34FN3O4/c1-3-5-19-35-23-37(30(25-14-10-7-11-15-25)27-17-16-26(34)21-29(27)40-4-2)36-20-18-28(38)32(31(36)33(35)39)41-22-24-12-8-6-9-13-24/h6-18,20-21,30H,3-5,19,22-23H2,1-2H3. The Labute approximate surface area is 239 Å². The van der Waals surface area contributed by atoms with Crippen LogP contribution in [-0.2, 0) is 6.61 Å². The van der Waals surface area contributed by atoms with Crippen LogP contribution in [0.3, 0.4) is 0 Å². The van der Waals surface area contributed by atoms with Crippen LogP contribution in [0.2, 0.25) is 0 Å². The number of nitrogens with zero attached hydrogens (tertiary/aromatic N) is 3. The Bertz CT molecular complexity index is 1540. The molecule has 0 saturated carbocycles. The highest BCUT2D eigenvalue weighted by molar-refractivity contribution is 5.96. The molecule has 1 aliphatic heterocycles. The molecule has 4 aromatic rings. The molecule has 1 aliphatic rings. The van der Waals surface area contributed by atoms with Gasteiger partial charge >= 0.3 is 0 Å². The molecule has 5 rings (SSSR count). The van der Waals surface area contributed by atoms with Gasteiger partial charge in [0.15, 0.2) is 11.4 Å². The lowest BCUT2D eigenvalue weighted by atomic mass is 9.96. The summed E-state index contributed by atoms with van der Waals surface area (Å²) in [6.07, 6.45) is 3.31. The van der Waals surface area contributed by atoms with Crippen LogP contribution in [0, 0.1) is 5.82 Å². The second-order valence-corrected chi connectivity index (χ2v) is 9.91. The normalized spacial score (nSPS) is 13.6. The van der Waals surface area contributed by atoms with E-state index in [1.54, 1.807) is 21.8 Å². The molecule has 3 aromatic carbocycles. The topological polar surface area (TPSA) is 64.0 Å². The van der Waals surface area contributed by atoms with E-state index < -0.39 is 11.9 Å². The zero-order valence-corrected chi connectivity index (χ0v) is 23.3. The minimum absolute atomic E-state index is 0.00324. The van der Waals surface area contributed by atoms with Crippen LogP contribution in [-0.4, -0.2) is 35.3 Å². The number of pyridine rings is 1. The first-order chi connectivity index (χ1) is 20.0. The van der Waals surface area contributed by atoms with E-state index in [4.69, 9.17) is 9.47 Å². The van der Waals surface area contributed by atoms with Gasteiger partial charge in [0.1, 0.15) is 30.9 Å². The van der Waals surface area contributed by atoms with E-state index in [0.29, 0.717) is 18.9 Å². The first kappa shape index (κ1) is 28.0. The Kier molecular flexibility index (Phi) is 8.67. The number of benzene rings is 3. The maximum absolute atomic E-state index is 14.4. The Morgan fingerprint density at radius 1 is 0.902 bits per heavy atom. The van der Waals surface area contributed by atoms with Crippen molar-refractivity contribution in [3.63, 3.8) is 0 Å². The Morgan fingerprint density at radius 3 is 2.34 bits per heavy atom. The molecule has 0 saturated heterocycles. The third-order valence-corrected chi connectivity index (χ3v) is 7.11. The molecule has 0 radical (unpaired) electrons. The number of ether oxygens (including phenoxy) is 2. The van der Waals surface area contributed by atoms with Crippen molar-refractivity contribution in [3.05, 3.63) is 130 Å². The predicted octanol–water partition coefficient (Wildman–Crippen LogP) is 5.91. The summed E-state index contributed by atoms with van der Waals surface area (Å²) < 4.78 is 28.1. The van der Waals surface area contributed by atoms with E-state index in [-0.39, 0.29) is 36.1 Å². The quantitative estimate of drug-likeness (QED) is 0.230. The fraction of sp³-hybridized carbons (Fsp3) is 0.273. The largest absolute Gasteiger partial charge is 0.493 e. The lowest BCUT2D eigenvalue weighted by Crippen LogP contribution is -2.55. The molecule has 1 atom stereocenters. The van der Waals surface area contributed by atoms with Gasteiger partial charge in [0.2, 0.25) is 5.43 Å². The second kappa shape index (κ2) is 12.7. The van der Waals surface area contributed by atoms with Crippen LogP contribution < -0.4 is 19.9 Å². The third kappa shape index (κ3) is 5.96. The number of rotatable bonds is 11. The van der Waals surface area contributed by atoms with E-state index in [1.165, 1.54) is 18.2 Å². The zero-order chi connectivity index (χ0) is 28.8. The van der Waals surface area contributed by atoms with Crippen LogP contribution in [0.4, 0.5) is 4.39 Å². The molecule has 0 fully saturated rings. The summed E-state index contributed by atoms with van der Waals surface area (Å²) in [5.41, 5.74) is 2.33. The highest BCUT2D eigenvalue weighted by Gasteiger charge is 2.37. The second-order valence-electron chi connectivity index (χ2n) is 9.91. The summed E-state index contributed by atoms with van der Waals surface area (Å²) >= 11 is 0. The zero-order valence-electron chi connectivity index (χ0n) is 23.3. The molecule has 1 aromatic heterocycles. The van der Waals surface area contributed by atoms with Crippen molar-refractivity contribution in [1.29, 1.82) is 0 Å². The Hall–Kier alpha value is -4.59. The number of aromatic nitrogens is 1. The van der Waals surface area contributed by atoms with E-state index in [0.717, 1.165) is 29.5 Å². The van der Waals surface area contributed by atoms with Gasteiger partial charge in [-0.05, 0) is 36.6 Å². The van der Waals surface area contributed by atoms with Crippen molar-refractivity contribution in [2.75, 3.05) is 24.8 Å². The Balaban J connectivity index is 1.68. The lowest BCUT2D eigenvalue weighted by Gasteiger charge is -2.44. The number of hydrogen-bond donors (Lipinski definition) is 0. The first-order valence-corrected chi connectivity index (χ1v) is 14.0. The van der Waals surface area contributed by atoms with Crippen molar-refractivity contribution >= 4 is 5.91 Å². The lowest BCUT2D eigenvalue weighted by molar-refractivity contribution is 0.0674. The summed E-state index contributed by atoms with van der Waals surface area (Å²) in [5.74, 6) is -0.250. The van der Waals surface area contributed by atoms with E-state index in [1.807, 2.05) is 72.6 Å². The SMILES string of the molecule is CCCCN1CN(C(c2ccccc2)c2ccc(F)cc2OCC)n2ccc(=O)c(OCc3ccccc3)c2C1=O. The third-order valence-electron chi connectivity index (χ3n) is 7.11. The van der Waals surface area contributed by atoms with E-state index >= 15 is 0 Å². The van der Waals surface area contributed by atoms with Gasteiger partial charge in [-0.2, -0.15) is 0 Å². The molecule has 0 bridgehead atoms. The molecule has 41 heavy (non-hydrogen) atoms. The van der Waals surface area contributed by atoms with Gasteiger partial charge in [-0.1, -0.05) is 74.0 Å². The molecule has 8 heteroatoms. The number of carbonyl (C=O) groups excluding carboxylic acids is 1. The minimum Gasteiger partial charge on any atom is -0.493 e. The van der Waals surface area contributed by atoms with Crippen molar-refractivity contribution < 1.29 is 18.7 Å². The Morgan fingerprint density at radius 2 is 1.63 bits per heavy atom. The van der Waals surface area contributed by atoms with Gasteiger partial charge in [0, 0.05) is 30.4 Å². The van der Waals surface area contributed by atoms with Crippen molar-refractivity contribution in [2.24, 2.45) is 0 Å². The number of carbonyl (C=O) groups is 1. The maximum Gasteiger partial charge on any atom is 0.277 e. The number of fused-ring (bicyclic) bond motifs is 1. The maximum atomic E-state index is 14.4. The average molecular weight is 556 g/mol. The smallest absolute Gasteiger partial charge is 0.277 e. The molecule has 1 amide bonds. The summed E-state index contributed by atoms with van der Waals surface area (Å²) in [5, 5.41) is 2.01.